The minimum atomic E-state index is -0.451. The zero-order valence-corrected chi connectivity index (χ0v) is 14.8. The Labute approximate surface area is 153 Å². The molecule has 2 aromatic heterocycles. The summed E-state index contributed by atoms with van der Waals surface area (Å²) >= 11 is 1.25. The van der Waals surface area contributed by atoms with Crippen LogP contribution in [0.2, 0.25) is 0 Å². The highest BCUT2D eigenvalue weighted by Gasteiger charge is 2.23. The zero-order valence-electron chi connectivity index (χ0n) is 14.0. The van der Waals surface area contributed by atoms with Gasteiger partial charge in [0.25, 0.3) is 5.91 Å². The molecule has 4 rings (SSSR count). The number of nitrogen functional groups attached to an aromatic ring is 1. The van der Waals surface area contributed by atoms with E-state index in [9.17, 15) is 4.79 Å². The van der Waals surface area contributed by atoms with Crippen LogP contribution in [0, 0.1) is 6.92 Å². The first-order chi connectivity index (χ1) is 12.6. The van der Waals surface area contributed by atoms with E-state index in [2.05, 4.69) is 15.5 Å². The topological polar surface area (TPSA) is 94.0 Å². The van der Waals surface area contributed by atoms with Crippen LogP contribution in [-0.2, 0) is 0 Å². The fraction of sp³-hybridized carbons (Fsp3) is 0.105. The van der Waals surface area contributed by atoms with Crippen molar-refractivity contribution < 1.29 is 9.21 Å². The first-order valence-corrected chi connectivity index (χ1v) is 8.87. The number of aryl methyl sites for hydroxylation is 1. The summed E-state index contributed by atoms with van der Waals surface area (Å²) in [5.74, 6) is -0.0644. The number of furan rings is 1. The van der Waals surface area contributed by atoms with E-state index in [-0.39, 0.29) is 11.7 Å². The molecule has 6 nitrogen and oxygen atoms in total. The molecule has 2 aromatic carbocycles. The number of carbonyl (C=O) groups excluding carboxylic acids is 1. The maximum absolute atomic E-state index is 12.8. The first kappa shape index (κ1) is 16.3. The van der Waals surface area contributed by atoms with Gasteiger partial charge in [-0.25, -0.2) is 0 Å². The van der Waals surface area contributed by atoms with Gasteiger partial charge in [-0.15, -0.1) is 10.2 Å². The van der Waals surface area contributed by atoms with Crippen molar-refractivity contribution in [2.75, 3.05) is 5.73 Å². The first-order valence-electron chi connectivity index (χ1n) is 8.05. The normalized spacial score (nSPS) is 12.2. The molecule has 1 atom stereocenters. The van der Waals surface area contributed by atoms with Gasteiger partial charge in [0, 0.05) is 5.39 Å². The van der Waals surface area contributed by atoms with Crippen molar-refractivity contribution in [3.05, 3.63) is 76.5 Å². The van der Waals surface area contributed by atoms with E-state index in [1.807, 2.05) is 55.5 Å². The van der Waals surface area contributed by atoms with Crippen LogP contribution in [0.1, 0.15) is 32.7 Å². The molecule has 0 aliphatic carbocycles. The number of nitrogens with zero attached hydrogens (tertiary/aromatic N) is 2. The number of hydrogen-bond acceptors (Lipinski definition) is 6. The highest BCUT2D eigenvalue weighted by Crippen LogP contribution is 2.27. The van der Waals surface area contributed by atoms with Crippen LogP contribution in [-0.4, -0.2) is 16.1 Å². The molecule has 2 heterocycles. The van der Waals surface area contributed by atoms with Gasteiger partial charge in [0.15, 0.2) is 5.76 Å². The largest absolute Gasteiger partial charge is 0.451 e. The van der Waals surface area contributed by atoms with E-state index in [0.29, 0.717) is 15.7 Å². The lowest BCUT2D eigenvalue weighted by molar-refractivity contribution is 0.0917. The number of benzene rings is 2. The summed E-state index contributed by atoms with van der Waals surface area (Å²) in [5.41, 5.74) is 8.39. The van der Waals surface area contributed by atoms with E-state index >= 15 is 0 Å². The summed E-state index contributed by atoms with van der Waals surface area (Å²) in [4.78, 5) is 12.8. The summed E-state index contributed by atoms with van der Waals surface area (Å²) in [6.07, 6.45) is 0. The number of nitrogens with two attached hydrogens (primary N) is 1. The van der Waals surface area contributed by atoms with Gasteiger partial charge >= 0.3 is 0 Å². The zero-order chi connectivity index (χ0) is 18.1. The van der Waals surface area contributed by atoms with Crippen LogP contribution in [0.25, 0.3) is 11.0 Å². The smallest absolute Gasteiger partial charge is 0.287 e. The molecule has 4 aromatic rings. The average molecular weight is 364 g/mol. The summed E-state index contributed by atoms with van der Waals surface area (Å²) in [5, 5.41) is 12.8. The van der Waals surface area contributed by atoms with Gasteiger partial charge in [-0.3, -0.25) is 4.79 Å². The maximum Gasteiger partial charge on any atom is 0.287 e. The van der Waals surface area contributed by atoms with Crippen LogP contribution in [0.15, 0.2) is 59.0 Å². The SMILES string of the molecule is Cc1ccc2oc(C(=O)N[C@@H](c3ccccc3)c3nnc(N)s3)cc2c1. The fourth-order valence-corrected chi connectivity index (χ4v) is 3.46. The van der Waals surface area contributed by atoms with E-state index in [1.165, 1.54) is 11.3 Å². The number of hydrogen-bond donors (Lipinski definition) is 2. The molecule has 0 saturated heterocycles. The van der Waals surface area contributed by atoms with Crippen molar-refractivity contribution in [3.8, 4) is 0 Å². The molecular formula is C19H16N4O2S. The molecule has 3 N–H and O–H groups in total. The molecule has 1 amide bonds. The van der Waals surface area contributed by atoms with Crippen molar-refractivity contribution in [1.29, 1.82) is 0 Å². The Morgan fingerprint density at radius 1 is 1.15 bits per heavy atom. The number of rotatable bonds is 4. The summed E-state index contributed by atoms with van der Waals surface area (Å²) in [6.45, 7) is 2.00. The molecule has 0 aliphatic rings. The average Bonchev–Trinajstić information content (AvgIpc) is 3.26. The predicted molar refractivity (Wildman–Crippen MR) is 101 cm³/mol. The number of aromatic nitrogens is 2. The summed E-state index contributed by atoms with van der Waals surface area (Å²) in [6, 6.07) is 16.7. The van der Waals surface area contributed by atoms with Gasteiger partial charge in [-0.2, -0.15) is 0 Å². The van der Waals surface area contributed by atoms with Crippen molar-refractivity contribution in [2.45, 2.75) is 13.0 Å². The molecular weight excluding hydrogens is 348 g/mol. The van der Waals surface area contributed by atoms with Gasteiger partial charge in [-0.1, -0.05) is 53.3 Å². The van der Waals surface area contributed by atoms with Gasteiger partial charge in [0.2, 0.25) is 5.13 Å². The third-order valence-electron chi connectivity index (χ3n) is 4.01. The van der Waals surface area contributed by atoms with Gasteiger partial charge < -0.3 is 15.5 Å². The Balaban J connectivity index is 1.67. The molecule has 0 fully saturated rings. The van der Waals surface area contributed by atoms with E-state index in [1.54, 1.807) is 6.07 Å². The van der Waals surface area contributed by atoms with Crippen molar-refractivity contribution in [3.63, 3.8) is 0 Å². The Morgan fingerprint density at radius 3 is 2.69 bits per heavy atom. The van der Waals surface area contributed by atoms with E-state index in [4.69, 9.17) is 10.2 Å². The lowest BCUT2D eigenvalue weighted by atomic mass is 10.1. The molecule has 0 aliphatic heterocycles. The second kappa shape index (κ2) is 6.61. The molecule has 0 saturated carbocycles. The Bertz CT molecular complexity index is 1070. The van der Waals surface area contributed by atoms with E-state index in [0.717, 1.165) is 16.5 Å². The molecule has 130 valence electrons. The monoisotopic (exact) mass is 364 g/mol. The number of carbonyl (C=O) groups is 1. The lowest BCUT2D eigenvalue weighted by Crippen LogP contribution is -2.29. The highest BCUT2D eigenvalue weighted by molar-refractivity contribution is 7.15. The molecule has 0 spiro atoms. The Kier molecular flexibility index (Phi) is 4.14. The third-order valence-corrected chi connectivity index (χ3v) is 4.82. The lowest BCUT2D eigenvalue weighted by Gasteiger charge is -2.15. The van der Waals surface area contributed by atoms with E-state index < -0.39 is 6.04 Å². The van der Waals surface area contributed by atoms with Gasteiger partial charge in [0.1, 0.15) is 16.6 Å². The highest BCUT2D eigenvalue weighted by atomic mass is 32.1. The Hall–Kier alpha value is -3.19. The molecule has 0 unspecified atom stereocenters. The van der Waals surface area contributed by atoms with Crippen molar-refractivity contribution >= 4 is 33.3 Å². The number of amides is 1. The number of anilines is 1. The standard InChI is InChI=1S/C19H16N4O2S/c1-11-7-8-14-13(9-11)10-15(25-14)17(24)21-16(12-5-3-2-4-6-12)18-22-23-19(20)26-18/h2-10,16H,1H3,(H2,20,23)(H,21,24)/t16-/m0/s1. The predicted octanol–water partition coefficient (Wildman–Crippen LogP) is 3.69. The van der Waals surface area contributed by atoms with Crippen LogP contribution < -0.4 is 11.1 Å². The number of fused-ring (bicyclic) bond motifs is 1. The minimum absolute atomic E-state index is 0.254. The fourth-order valence-electron chi connectivity index (χ4n) is 2.77. The van der Waals surface area contributed by atoms with Crippen LogP contribution >= 0.6 is 11.3 Å². The molecule has 0 radical (unpaired) electrons. The second-order valence-corrected chi connectivity index (χ2v) is 6.99. The van der Waals surface area contributed by atoms with Gasteiger partial charge in [-0.05, 0) is 30.7 Å². The minimum Gasteiger partial charge on any atom is -0.451 e. The molecule has 0 bridgehead atoms. The second-order valence-electron chi connectivity index (χ2n) is 5.95. The maximum atomic E-state index is 12.8. The van der Waals surface area contributed by atoms with Gasteiger partial charge in [0.05, 0.1) is 0 Å². The quantitative estimate of drug-likeness (QED) is 0.576. The van der Waals surface area contributed by atoms with Crippen LogP contribution in [0.4, 0.5) is 5.13 Å². The number of nitrogens with one attached hydrogen (secondary N) is 1. The summed E-state index contributed by atoms with van der Waals surface area (Å²) in [7, 11) is 0. The van der Waals surface area contributed by atoms with Crippen molar-refractivity contribution in [2.24, 2.45) is 0 Å². The molecule has 7 heteroatoms. The molecule has 26 heavy (non-hydrogen) atoms. The van der Waals surface area contributed by atoms with Crippen LogP contribution in [0.5, 0.6) is 0 Å². The third kappa shape index (κ3) is 3.16. The van der Waals surface area contributed by atoms with Crippen molar-refractivity contribution in [1.82, 2.24) is 15.5 Å². The summed E-state index contributed by atoms with van der Waals surface area (Å²) < 4.78 is 5.69. The van der Waals surface area contributed by atoms with Crippen LogP contribution in [0.3, 0.4) is 0 Å². The Morgan fingerprint density at radius 2 is 1.96 bits per heavy atom.